The topological polar surface area (TPSA) is 34.1 Å². The van der Waals surface area contributed by atoms with Gasteiger partial charge in [0.1, 0.15) is 0 Å². The summed E-state index contributed by atoms with van der Waals surface area (Å²) in [5.41, 5.74) is 1.27. The maximum absolute atomic E-state index is 5.75. The number of hydrogen-bond donors (Lipinski definition) is 1. The highest BCUT2D eigenvalue weighted by atomic mass is 16.5. The molecule has 102 valence electrons. The van der Waals surface area contributed by atoms with Crippen LogP contribution in [0.4, 0.5) is 0 Å². The molecule has 0 radical (unpaired) electrons. The molecule has 1 heterocycles. The molecule has 0 spiro atoms. The summed E-state index contributed by atoms with van der Waals surface area (Å²) in [5.74, 6) is 0. The first-order valence-corrected chi connectivity index (χ1v) is 6.71. The largest absolute Gasteiger partial charge is 0.380 e. The predicted octanol–water partition coefficient (Wildman–Crippen LogP) is 2.66. The molecule has 0 fully saturated rings. The molecule has 0 saturated carbocycles. The maximum Gasteiger partial charge on any atom is 0.0529 e. The van der Waals surface area contributed by atoms with Crippen molar-refractivity contribution < 1.29 is 4.74 Å². The number of rotatable bonds is 8. The molecule has 1 rings (SSSR count). The highest BCUT2D eigenvalue weighted by Gasteiger charge is 2.18. The molecule has 0 amide bonds. The second kappa shape index (κ2) is 7.49. The summed E-state index contributed by atoms with van der Waals surface area (Å²) in [6, 6.07) is 6.51. The minimum atomic E-state index is 0.175. The molecule has 3 nitrogen and oxygen atoms in total. The lowest BCUT2D eigenvalue weighted by Gasteiger charge is -2.26. The van der Waals surface area contributed by atoms with E-state index in [1.54, 1.807) is 0 Å². The number of hydrogen-bond acceptors (Lipinski definition) is 3. The van der Waals surface area contributed by atoms with Gasteiger partial charge in [-0.1, -0.05) is 33.8 Å². The van der Waals surface area contributed by atoms with E-state index in [0.29, 0.717) is 6.04 Å². The van der Waals surface area contributed by atoms with Gasteiger partial charge in [0.25, 0.3) is 0 Å². The number of aromatic nitrogens is 1. The minimum Gasteiger partial charge on any atom is -0.380 e. The second-order valence-electron chi connectivity index (χ2n) is 5.82. The Morgan fingerprint density at radius 2 is 2.11 bits per heavy atom. The molecule has 1 aromatic rings. The first kappa shape index (κ1) is 15.1. The van der Waals surface area contributed by atoms with Gasteiger partial charge >= 0.3 is 0 Å². The van der Waals surface area contributed by atoms with Crippen molar-refractivity contribution >= 4 is 0 Å². The van der Waals surface area contributed by atoms with Crippen molar-refractivity contribution in [1.29, 1.82) is 0 Å². The smallest absolute Gasteiger partial charge is 0.0529 e. The lowest BCUT2D eigenvalue weighted by atomic mass is 9.94. The van der Waals surface area contributed by atoms with Gasteiger partial charge in [-0.25, -0.2) is 0 Å². The van der Waals surface area contributed by atoms with Crippen LogP contribution in [0.15, 0.2) is 24.4 Å². The van der Waals surface area contributed by atoms with Crippen LogP contribution in [-0.2, 0) is 11.2 Å². The average molecular weight is 250 g/mol. The fourth-order valence-electron chi connectivity index (χ4n) is 1.60. The Morgan fingerprint density at radius 1 is 1.33 bits per heavy atom. The van der Waals surface area contributed by atoms with Gasteiger partial charge < -0.3 is 10.1 Å². The Kier molecular flexibility index (Phi) is 6.30. The van der Waals surface area contributed by atoms with Gasteiger partial charge in [-0.15, -0.1) is 0 Å². The first-order chi connectivity index (χ1) is 8.49. The lowest BCUT2D eigenvalue weighted by molar-refractivity contribution is 0.0627. The molecule has 0 atom stereocenters. The highest BCUT2D eigenvalue weighted by Crippen LogP contribution is 2.14. The zero-order chi connectivity index (χ0) is 13.4. The van der Waals surface area contributed by atoms with Gasteiger partial charge in [-0.2, -0.15) is 0 Å². The van der Waals surface area contributed by atoms with E-state index >= 15 is 0 Å². The summed E-state index contributed by atoms with van der Waals surface area (Å²) in [5, 5.41) is 3.45. The van der Waals surface area contributed by atoms with Crippen LogP contribution in [0.25, 0.3) is 0 Å². The van der Waals surface area contributed by atoms with Crippen LogP contribution in [0.3, 0.4) is 0 Å². The Balaban J connectivity index is 2.17. The number of ether oxygens (including phenoxy) is 1. The highest BCUT2D eigenvalue weighted by molar-refractivity contribution is 5.03. The number of nitrogens with one attached hydrogen (secondary N) is 1. The third-order valence-corrected chi connectivity index (χ3v) is 2.71. The van der Waals surface area contributed by atoms with Crippen LogP contribution in [0, 0.1) is 5.41 Å². The molecule has 18 heavy (non-hydrogen) atoms. The van der Waals surface area contributed by atoms with Gasteiger partial charge in [-0.3, -0.25) is 4.98 Å². The summed E-state index contributed by atoms with van der Waals surface area (Å²) in [4.78, 5) is 4.28. The van der Waals surface area contributed by atoms with Crippen molar-refractivity contribution in [3.8, 4) is 0 Å². The van der Waals surface area contributed by atoms with E-state index in [9.17, 15) is 0 Å². The quantitative estimate of drug-likeness (QED) is 0.720. The molecule has 0 aromatic carbocycles. The minimum absolute atomic E-state index is 0.175. The summed E-state index contributed by atoms with van der Waals surface area (Å²) < 4.78 is 5.75. The Labute approximate surface area is 111 Å². The van der Waals surface area contributed by atoms with E-state index in [1.807, 2.05) is 24.4 Å². The zero-order valence-corrected chi connectivity index (χ0v) is 12.1. The van der Waals surface area contributed by atoms with E-state index in [0.717, 1.165) is 31.9 Å². The molecule has 0 bridgehead atoms. The Morgan fingerprint density at radius 3 is 2.72 bits per heavy atom. The van der Waals surface area contributed by atoms with Crippen molar-refractivity contribution in [2.75, 3.05) is 19.8 Å². The molecule has 0 unspecified atom stereocenters. The molecular formula is C15H26N2O. The molecule has 1 aromatic heterocycles. The van der Waals surface area contributed by atoms with Gasteiger partial charge in [0.05, 0.1) is 13.2 Å². The van der Waals surface area contributed by atoms with E-state index < -0.39 is 0 Å². The predicted molar refractivity (Wildman–Crippen MR) is 75.7 cm³/mol. The Hall–Kier alpha value is -0.930. The van der Waals surface area contributed by atoms with Crippen molar-refractivity contribution in [3.05, 3.63) is 30.1 Å². The van der Waals surface area contributed by atoms with Crippen molar-refractivity contribution in [2.45, 2.75) is 40.2 Å². The summed E-state index contributed by atoms with van der Waals surface area (Å²) in [6.45, 7) is 11.3. The van der Waals surface area contributed by atoms with Crippen molar-refractivity contribution in [1.82, 2.24) is 10.3 Å². The van der Waals surface area contributed by atoms with Crippen molar-refractivity contribution in [2.24, 2.45) is 5.41 Å². The van der Waals surface area contributed by atoms with Gasteiger partial charge in [0.2, 0.25) is 0 Å². The van der Waals surface area contributed by atoms with Gasteiger partial charge in [0, 0.05) is 36.3 Å². The van der Waals surface area contributed by atoms with Crippen LogP contribution in [-0.4, -0.2) is 30.8 Å². The summed E-state index contributed by atoms with van der Waals surface area (Å²) in [7, 11) is 0. The van der Waals surface area contributed by atoms with Crippen LogP contribution in [0.2, 0.25) is 0 Å². The fourth-order valence-corrected chi connectivity index (χ4v) is 1.60. The van der Waals surface area contributed by atoms with E-state index in [2.05, 4.69) is 38.0 Å². The molecule has 3 heteroatoms. The van der Waals surface area contributed by atoms with Gasteiger partial charge in [-0.05, 0) is 12.1 Å². The van der Waals surface area contributed by atoms with Crippen molar-refractivity contribution in [3.63, 3.8) is 0 Å². The second-order valence-corrected chi connectivity index (χ2v) is 5.82. The lowest BCUT2D eigenvalue weighted by Crippen LogP contribution is -2.36. The number of nitrogens with zero attached hydrogens (tertiary/aromatic N) is 1. The van der Waals surface area contributed by atoms with Crippen LogP contribution < -0.4 is 5.32 Å². The molecule has 1 N–H and O–H groups in total. The molecule has 0 aliphatic heterocycles. The van der Waals surface area contributed by atoms with Crippen LogP contribution in [0.5, 0.6) is 0 Å². The zero-order valence-electron chi connectivity index (χ0n) is 12.1. The molecule has 0 aliphatic carbocycles. The normalized spacial score (nSPS) is 12.1. The monoisotopic (exact) mass is 250 g/mol. The third-order valence-electron chi connectivity index (χ3n) is 2.71. The first-order valence-electron chi connectivity index (χ1n) is 6.71. The van der Waals surface area contributed by atoms with E-state index in [-0.39, 0.29) is 5.41 Å². The Bertz CT molecular complexity index is 323. The maximum atomic E-state index is 5.75. The number of pyridine rings is 1. The fraction of sp³-hybridized carbons (Fsp3) is 0.667. The molecule has 0 aliphatic rings. The SMILES string of the molecule is CC(C)NCC(C)(C)COCCc1ccccn1. The van der Waals surface area contributed by atoms with Crippen LogP contribution >= 0.6 is 0 Å². The standard InChI is InChI=1S/C15H26N2O/c1-13(2)17-11-15(3,4)12-18-10-8-14-7-5-6-9-16-14/h5-7,9,13,17H,8,10-12H2,1-4H3. The van der Waals surface area contributed by atoms with Gasteiger partial charge in [0.15, 0.2) is 0 Å². The van der Waals surface area contributed by atoms with E-state index in [4.69, 9.17) is 4.74 Å². The molecule has 0 saturated heterocycles. The summed E-state index contributed by atoms with van der Waals surface area (Å²) >= 11 is 0. The molecular weight excluding hydrogens is 224 g/mol. The third kappa shape index (κ3) is 6.72. The summed E-state index contributed by atoms with van der Waals surface area (Å²) in [6.07, 6.45) is 2.71. The van der Waals surface area contributed by atoms with Crippen LogP contribution in [0.1, 0.15) is 33.4 Å². The average Bonchev–Trinajstić information content (AvgIpc) is 2.34. The van der Waals surface area contributed by atoms with E-state index in [1.165, 1.54) is 0 Å².